The van der Waals surface area contributed by atoms with E-state index in [9.17, 15) is 9.59 Å². The van der Waals surface area contributed by atoms with Gasteiger partial charge in [-0.15, -0.1) is 0 Å². The standard InChI is InChI=1S/C15H21N3O3/c1-10(14(19)18-7-3-4-8-18)17-11-5-6-13(16)12(9-11)15(20)21-2/h5-6,9-10,17H,3-4,7-8,16H2,1-2H3. The normalized spacial score (nSPS) is 15.6. The Labute approximate surface area is 124 Å². The zero-order valence-electron chi connectivity index (χ0n) is 12.4. The highest BCUT2D eigenvalue weighted by Crippen LogP contribution is 2.20. The van der Waals surface area contributed by atoms with Crippen molar-refractivity contribution in [2.24, 2.45) is 0 Å². The first kappa shape index (κ1) is 15.2. The lowest BCUT2D eigenvalue weighted by Crippen LogP contribution is -2.39. The zero-order chi connectivity index (χ0) is 15.4. The number of ether oxygens (including phenoxy) is 1. The van der Waals surface area contributed by atoms with Crippen molar-refractivity contribution in [3.63, 3.8) is 0 Å². The molecule has 0 bridgehead atoms. The molecule has 1 unspecified atom stereocenters. The molecule has 6 heteroatoms. The summed E-state index contributed by atoms with van der Waals surface area (Å²) in [6, 6.07) is 4.63. The van der Waals surface area contributed by atoms with Gasteiger partial charge in [-0.05, 0) is 38.0 Å². The largest absolute Gasteiger partial charge is 0.465 e. The molecule has 0 aliphatic carbocycles. The SMILES string of the molecule is COC(=O)c1cc(NC(C)C(=O)N2CCCC2)ccc1N. The van der Waals surface area contributed by atoms with E-state index in [0.717, 1.165) is 25.9 Å². The first-order valence-corrected chi connectivity index (χ1v) is 7.06. The lowest BCUT2D eigenvalue weighted by atomic mass is 10.1. The number of benzene rings is 1. The summed E-state index contributed by atoms with van der Waals surface area (Å²) in [6.07, 6.45) is 2.12. The number of amides is 1. The molecule has 2 rings (SSSR count). The fourth-order valence-electron chi connectivity index (χ4n) is 2.46. The minimum atomic E-state index is -0.491. The summed E-state index contributed by atoms with van der Waals surface area (Å²) < 4.78 is 4.68. The summed E-state index contributed by atoms with van der Waals surface area (Å²) in [7, 11) is 1.31. The van der Waals surface area contributed by atoms with Gasteiger partial charge in [0.2, 0.25) is 5.91 Å². The Morgan fingerprint density at radius 2 is 2.00 bits per heavy atom. The molecule has 3 N–H and O–H groups in total. The summed E-state index contributed by atoms with van der Waals surface area (Å²) in [5.41, 5.74) is 7.07. The second-order valence-corrected chi connectivity index (χ2v) is 5.19. The number of nitrogen functional groups attached to an aromatic ring is 1. The lowest BCUT2D eigenvalue weighted by Gasteiger charge is -2.22. The first-order valence-electron chi connectivity index (χ1n) is 7.06. The van der Waals surface area contributed by atoms with E-state index < -0.39 is 5.97 Å². The van der Waals surface area contributed by atoms with Gasteiger partial charge >= 0.3 is 5.97 Å². The van der Waals surface area contributed by atoms with Gasteiger partial charge in [0.05, 0.1) is 12.7 Å². The molecule has 1 saturated heterocycles. The molecule has 1 fully saturated rings. The Balaban J connectivity index is 2.08. The van der Waals surface area contributed by atoms with Crippen molar-refractivity contribution in [1.29, 1.82) is 0 Å². The zero-order valence-corrected chi connectivity index (χ0v) is 12.4. The number of nitrogens with two attached hydrogens (primary N) is 1. The number of esters is 1. The average molecular weight is 291 g/mol. The number of carbonyl (C=O) groups is 2. The monoisotopic (exact) mass is 291 g/mol. The van der Waals surface area contributed by atoms with Crippen LogP contribution in [-0.4, -0.2) is 43.0 Å². The molecule has 0 spiro atoms. The number of nitrogens with zero attached hydrogens (tertiary/aromatic N) is 1. The van der Waals surface area contributed by atoms with Gasteiger partial charge in [0, 0.05) is 24.5 Å². The minimum Gasteiger partial charge on any atom is -0.465 e. The van der Waals surface area contributed by atoms with Crippen molar-refractivity contribution >= 4 is 23.3 Å². The van der Waals surface area contributed by atoms with Crippen LogP contribution in [0.5, 0.6) is 0 Å². The molecule has 1 aromatic rings. The molecular weight excluding hydrogens is 270 g/mol. The van der Waals surface area contributed by atoms with Crippen molar-refractivity contribution in [3.05, 3.63) is 23.8 Å². The van der Waals surface area contributed by atoms with Crippen molar-refractivity contribution < 1.29 is 14.3 Å². The van der Waals surface area contributed by atoms with Gasteiger partial charge in [-0.2, -0.15) is 0 Å². The Kier molecular flexibility index (Phi) is 4.67. The van der Waals surface area contributed by atoms with Crippen molar-refractivity contribution in [3.8, 4) is 0 Å². The van der Waals surface area contributed by atoms with Crippen LogP contribution < -0.4 is 11.1 Å². The van der Waals surface area contributed by atoms with E-state index in [1.54, 1.807) is 18.2 Å². The molecule has 21 heavy (non-hydrogen) atoms. The number of rotatable bonds is 4. The van der Waals surface area contributed by atoms with Gasteiger partial charge < -0.3 is 20.7 Å². The number of hydrogen-bond acceptors (Lipinski definition) is 5. The van der Waals surface area contributed by atoms with Crippen LogP contribution >= 0.6 is 0 Å². The molecule has 1 aromatic carbocycles. The summed E-state index contributed by atoms with van der Waals surface area (Å²) >= 11 is 0. The van der Waals surface area contributed by atoms with Crippen LogP contribution in [0.15, 0.2) is 18.2 Å². The Morgan fingerprint density at radius 3 is 2.62 bits per heavy atom. The predicted molar refractivity (Wildman–Crippen MR) is 81.1 cm³/mol. The molecule has 0 saturated carbocycles. The summed E-state index contributed by atoms with van der Waals surface area (Å²) in [4.78, 5) is 25.7. The maximum atomic E-state index is 12.2. The van der Waals surface area contributed by atoms with Crippen LogP contribution in [0.25, 0.3) is 0 Å². The van der Waals surface area contributed by atoms with E-state index in [4.69, 9.17) is 5.73 Å². The van der Waals surface area contributed by atoms with Gasteiger partial charge in [0.25, 0.3) is 0 Å². The molecule has 114 valence electrons. The molecule has 1 aliphatic heterocycles. The van der Waals surface area contributed by atoms with Gasteiger partial charge in [0.1, 0.15) is 6.04 Å². The Morgan fingerprint density at radius 1 is 1.33 bits per heavy atom. The first-order chi connectivity index (χ1) is 10.0. The van der Waals surface area contributed by atoms with Gasteiger partial charge in [-0.25, -0.2) is 4.79 Å². The van der Waals surface area contributed by atoms with Crippen LogP contribution in [0.4, 0.5) is 11.4 Å². The summed E-state index contributed by atoms with van der Waals surface area (Å²) in [5, 5.41) is 3.11. The minimum absolute atomic E-state index is 0.0731. The number of methoxy groups -OCH3 is 1. The molecular formula is C15H21N3O3. The van der Waals surface area contributed by atoms with Crippen molar-refractivity contribution in [2.45, 2.75) is 25.8 Å². The topological polar surface area (TPSA) is 84.7 Å². The van der Waals surface area contributed by atoms with Crippen LogP contribution in [0.2, 0.25) is 0 Å². The second kappa shape index (κ2) is 6.47. The molecule has 1 aliphatic rings. The number of carbonyl (C=O) groups excluding carboxylic acids is 2. The fraction of sp³-hybridized carbons (Fsp3) is 0.467. The van der Waals surface area contributed by atoms with Gasteiger partial charge in [-0.1, -0.05) is 0 Å². The highest BCUT2D eigenvalue weighted by Gasteiger charge is 2.23. The summed E-state index contributed by atoms with van der Waals surface area (Å²) in [5.74, 6) is -0.418. The number of nitrogens with one attached hydrogen (secondary N) is 1. The number of anilines is 2. The smallest absolute Gasteiger partial charge is 0.340 e. The molecule has 0 aromatic heterocycles. The predicted octanol–water partition coefficient (Wildman–Crippen LogP) is 1.48. The van der Waals surface area contributed by atoms with E-state index in [1.165, 1.54) is 7.11 Å². The molecule has 1 amide bonds. The van der Waals surface area contributed by atoms with Crippen LogP contribution in [0.3, 0.4) is 0 Å². The average Bonchev–Trinajstić information content (AvgIpc) is 3.01. The van der Waals surface area contributed by atoms with E-state index in [-0.39, 0.29) is 11.9 Å². The van der Waals surface area contributed by atoms with E-state index >= 15 is 0 Å². The number of likely N-dealkylation sites (tertiary alicyclic amines) is 1. The Hall–Kier alpha value is -2.24. The Bertz CT molecular complexity index is 539. The third-order valence-electron chi connectivity index (χ3n) is 3.63. The van der Waals surface area contributed by atoms with Crippen LogP contribution in [0.1, 0.15) is 30.1 Å². The molecule has 1 atom stereocenters. The van der Waals surface area contributed by atoms with E-state index in [2.05, 4.69) is 10.1 Å². The van der Waals surface area contributed by atoms with Gasteiger partial charge in [0.15, 0.2) is 0 Å². The van der Waals surface area contributed by atoms with Crippen molar-refractivity contribution in [2.75, 3.05) is 31.2 Å². The summed E-state index contributed by atoms with van der Waals surface area (Å²) in [6.45, 7) is 3.45. The third-order valence-corrected chi connectivity index (χ3v) is 3.63. The number of hydrogen-bond donors (Lipinski definition) is 2. The van der Waals surface area contributed by atoms with Crippen LogP contribution in [-0.2, 0) is 9.53 Å². The maximum absolute atomic E-state index is 12.2. The van der Waals surface area contributed by atoms with Gasteiger partial charge in [-0.3, -0.25) is 4.79 Å². The van der Waals surface area contributed by atoms with E-state index in [0.29, 0.717) is 16.9 Å². The third kappa shape index (κ3) is 3.45. The van der Waals surface area contributed by atoms with E-state index in [1.807, 2.05) is 11.8 Å². The maximum Gasteiger partial charge on any atom is 0.340 e. The molecule has 0 radical (unpaired) electrons. The molecule has 6 nitrogen and oxygen atoms in total. The fourth-order valence-corrected chi connectivity index (χ4v) is 2.46. The highest BCUT2D eigenvalue weighted by atomic mass is 16.5. The highest BCUT2D eigenvalue weighted by molar-refractivity contribution is 5.96. The lowest BCUT2D eigenvalue weighted by molar-refractivity contribution is -0.130. The van der Waals surface area contributed by atoms with Crippen molar-refractivity contribution in [1.82, 2.24) is 4.90 Å². The molecule has 1 heterocycles. The quantitative estimate of drug-likeness (QED) is 0.648. The van der Waals surface area contributed by atoms with Crippen LogP contribution in [0, 0.1) is 0 Å². The second-order valence-electron chi connectivity index (χ2n) is 5.19.